The van der Waals surface area contributed by atoms with E-state index < -0.39 is 0 Å². The van der Waals surface area contributed by atoms with Crippen molar-refractivity contribution in [1.29, 1.82) is 0 Å². The predicted molar refractivity (Wildman–Crippen MR) is 84.2 cm³/mol. The monoisotopic (exact) mass is 297 g/mol. The van der Waals surface area contributed by atoms with Crippen LogP contribution in [0.5, 0.6) is 0 Å². The SMILES string of the molecule is CCCC1(C(=O)N2CCCN(CCO)CC2)CCNCC1. The summed E-state index contributed by atoms with van der Waals surface area (Å²) in [5.41, 5.74) is -0.119. The fraction of sp³-hybridized carbons (Fsp3) is 0.938. The Labute approximate surface area is 128 Å². The Bertz CT molecular complexity index is 324. The smallest absolute Gasteiger partial charge is 0.228 e. The lowest BCUT2D eigenvalue weighted by molar-refractivity contribution is -0.144. The largest absolute Gasteiger partial charge is 0.395 e. The zero-order valence-electron chi connectivity index (χ0n) is 13.4. The van der Waals surface area contributed by atoms with E-state index in [4.69, 9.17) is 5.11 Å². The van der Waals surface area contributed by atoms with Gasteiger partial charge in [-0.05, 0) is 45.3 Å². The van der Waals surface area contributed by atoms with E-state index in [-0.39, 0.29) is 12.0 Å². The van der Waals surface area contributed by atoms with Crippen LogP contribution in [0.1, 0.15) is 39.0 Å². The lowest BCUT2D eigenvalue weighted by Crippen LogP contribution is -2.50. The van der Waals surface area contributed by atoms with Crippen molar-refractivity contribution in [2.75, 3.05) is 52.4 Å². The number of aliphatic hydroxyl groups excluding tert-OH is 1. The minimum absolute atomic E-state index is 0.119. The second-order valence-corrected chi connectivity index (χ2v) is 6.49. The van der Waals surface area contributed by atoms with Gasteiger partial charge in [-0.15, -0.1) is 0 Å². The average Bonchev–Trinajstić information content (AvgIpc) is 2.74. The predicted octanol–water partition coefficient (Wildman–Crippen LogP) is 0.683. The molecule has 21 heavy (non-hydrogen) atoms. The Kier molecular flexibility index (Phi) is 6.45. The molecule has 1 amide bonds. The summed E-state index contributed by atoms with van der Waals surface area (Å²) in [5.74, 6) is 0.386. The molecule has 2 heterocycles. The van der Waals surface area contributed by atoms with Crippen LogP contribution in [0.2, 0.25) is 0 Å². The molecular weight excluding hydrogens is 266 g/mol. The highest BCUT2D eigenvalue weighted by atomic mass is 16.3. The van der Waals surface area contributed by atoms with E-state index in [0.717, 1.165) is 77.9 Å². The van der Waals surface area contributed by atoms with Gasteiger partial charge in [0, 0.05) is 26.2 Å². The zero-order chi connectivity index (χ0) is 15.1. The highest BCUT2D eigenvalue weighted by Crippen LogP contribution is 2.36. The van der Waals surface area contributed by atoms with Crippen LogP contribution >= 0.6 is 0 Å². The molecule has 0 unspecified atom stereocenters. The van der Waals surface area contributed by atoms with Gasteiger partial charge in [-0.1, -0.05) is 13.3 Å². The van der Waals surface area contributed by atoms with Gasteiger partial charge in [-0.3, -0.25) is 9.69 Å². The third kappa shape index (κ3) is 4.18. The number of amides is 1. The Morgan fingerprint density at radius 1 is 1.19 bits per heavy atom. The number of nitrogens with zero attached hydrogens (tertiary/aromatic N) is 2. The Morgan fingerprint density at radius 2 is 1.95 bits per heavy atom. The molecule has 0 spiro atoms. The standard InChI is InChI=1S/C16H31N3O2/c1-2-4-16(5-7-17-8-6-16)15(21)19-10-3-9-18(11-12-19)13-14-20/h17,20H,2-14H2,1H3. The summed E-state index contributed by atoms with van der Waals surface area (Å²) >= 11 is 0. The first kappa shape index (κ1) is 16.7. The van der Waals surface area contributed by atoms with Gasteiger partial charge in [-0.25, -0.2) is 0 Å². The number of carbonyl (C=O) groups is 1. The Balaban J connectivity index is 1.99. The van der Waals surface area contributed by atoms with Crippen molar-refractivity contribution < 1.29 is 9.90 Å². The van der Waals surface area contributed by atoms with E-state index in [9.17, 15) is 4.79 Å². The molecule has 0 bridgehead atoms. The first-order chi connectivity index (χ1) is 10.2. The van der Waals surface area contributed by atoms with Crippen LogP contribution in [0.25, 0.3) is 0 Å². The van der Waals surface area contributed by atoms with Crippen molar-refractivity contribution in [3.8, 4) is 0 Å². The van der Waals surface area contributed by atoms with E-state index in [1.165, 1.54) is 0 Å². The van der Waals surface area contributed by atoms with Crippen molar-refractivity contribution in [2.24, 2.45) is 5.41 Å². The van der Waals surface area contributed by atoms with Gasteiger partial charge in [0.25, 0.3) is 0 Å². The summed E-state index contributed by atoms with van der Waals surface area (Å²) in [5, 5.41) is 12.5. The molecule has 2 aliphatic rings. The van der Waals surface area contributed by atoms with Gasteiger partial charge in [-0.2, -0.15) is 0 Å². The molecule has 0 atom stereocenters. The summed E-state index contributed by atoms with van der Waals surface area (Å²) in [4.78, 5) is 17.5. The first-order valence-corrected chi connectivity index (χ1v) is 8.55. The molecule has 2 N–H and O–H groups in total. The highest BCUT2D eigenvalue weighted by molar-refractivity contribution is 5.83. The van der Waals surface area contributed by atoms with Crippen molar-refractivity contribution >= 4 is 5.91 Å². The number of hydrogen-bond acceptors (Lipinski definition) is 4. The molecule has 0 aromatic carbocycles. The Hall–Kier alpha value is -0.650. The van der Waals surface area contributed by atoms with E-state index in [2.05, 4.69) is 22.0 Å². The van der Waals surface area contributed by atoms with Gasteiger partial charge < -0.3 is 15.3 Å². The molecule has 2 fully saturated rings. The topological polar surface area (TPSA) is 55.8 Å². The fourth-order valence-electron chi connectivity index (χ4n) is 3.83. The minimum Gasteiger partial charge on any atom is -0.395 e. The second kappa shape index (κ2) is 8.11. The van der Waals surface area contributed by atoms with Crippen LogP contribution in [0.3, 0.4) is 0 Å². The van der Waals surface area contributed by atoms with Gasteiger partial charge >= 0.3 is 0 Å². The maximum Gasteiger partial charge on any atom is 0.228 e. The lowest BCUT2D eigenvalue weighted by atomic mass is 9.74. The van der Waals surface area contributed by atoms with Gasteiger partial charge in [0.2, 0.25) is 5.91 Å². The number of β-amino-alcohol motifs (C(OH)–C–C–N with tert-alkyl or cyclic N) is 1. The second-order valence-electron chi connectivity index (χ2n) is 6.49. The summed E-state index contributed by atoms with van der Waals surface area (Å²) in [6, 6.07) is 0. The normalized spacial score (nSPS) is 23.8. The zero-order valence-corrected chi connectivity index (χ0v) is 13.4. The number of aliphatic hydroxyl groups is 1. The molecule has 2 saturated heterocycles. The van der Waals surface area contributed by atoms with Crippen molar-refractivity contribution in [2.45, 2.75) is 39.0 Å². The van der Waals surface area contributed by atoms with Crippen molar-refractivity contribution in [3.05, 3.63) is 0 Å². The number of rotatable bonds is 5. The third-order valence-corrected chi connectivity index (χ3v) is 5.03. The van der Waals surface area contributed by atoms with E-state index >= 15 is 0 Å². The number of hydrogen-bond donors (Lipinski definition) is 2. The van der Waals surface area contributed by atoms with Crippen LogP contribution in [-0.2, 0) is 4.79 Å². The quantitative estimate of drug-likeness (QED) is 0.784. The molecule has 2 rings (SSSR count). The van der Waals surface area contributed by atoms with Crippen LogP contribution in [-0.4, -0.2) is 73.2 Å². The molecule has 0 aromatic heterocycles. The van der Waals surface area contributed by atoms with E-state index in [1.807, 2.05) is 0 Å². The first-order valence-electron chi connectivity index (χ1n) is 8.55. The summed E-state index contributed by atoms with van der Waals surface area (Å²) in [6.07, 6.45) is 5.08. The summed E-state index contributed by atoms with van der Waals surface area (Å²) < 4.78 is 0. The van der Waals surface area contributed by atoms with Crippen LogP contribution in [0, 0.1) is 5.41 Å². The maximum absolute atomic E-state index is 13.1. The molecule has 0 aliphatic carbocycles. The van der Waals surface area contributed by atoms with Crippen molar-refractivity contribution in [3.63, 3.8) is 0 Å². The number of carbonyl (C=O) groups excluding carboxylic acids is 1. The molecule has 2 aliphatic heterocycles. The molecule has 0 radical (unpaired) electrons. The molecular formula is C16H31N3O2. The summed E-state index contributed by atoms with van der Waals surface area (Å²) in [6.45, 7) is 8.64. The third-order valence-electron chi connectivity index (χ3n) is 5.03. The molecule has 5 heteroatoms. The summed E-state index contributed by atoms with van der Waals surface area (Å²) in [7, 11) is 0. The van der Waals surface area contributed by atoms with Gasteiger partial charge in [0.05, 0.1) is 12.0 Å². The molecule has 0 aromatic rings. The molecule has 122 valence electrons. The van der Waals surface area contributed by atoms with Crippen LogP contribution in [0.4, 0.5) is 0 Å². The molecule has 0 saturated carbocycles. The number of nitrogens with one attached hydrogen (secondary N) is 1. The highest BCUT2D eigenvalue weighted by Gasteiger charge is 2.41. The Morgan fingerprint density at radius 3 is 2.62 bits per heavy atom. The van der Waals surface area contributed by atoms with E-state index in [0.29, 0.717) is 5.91 Å². The van der Waals surface area contributed by atoms with Crippen LogP contribution in [0.15, 0.2) is 0 Å². The van der Waals surface area contributed by atoms with Gasteiger partial charge in [0.15, 0.2) is 0 Å². The van der Waals surface area contributed by atoms with Crippen LogP contribution < -0.4 is 5.32 Å². The van der Waals surface area contributed by atoms with Gasteiger partial charge in [0.1, 0.15) is 0 Å². The maximum atomic E-state index is 13.1. The minimum atomic E-state index is -0.119. The average molecular weight is 297 g/mol. The van der Waals surface area contributed by atoms with Crippen molar-refractivity contribution in [1.82, 2.24) is 15.1 Å². The number of piperidine rings is 1. The molecule has 5 nitrogen and oxygen atoms in total. The lowest BCUT2D eigenvalue weighted by Gasteiger charge is -2.40. The fourth-order valence-corrected chi connectivity index (χ4v) is 3.83. The van der Waals surface area contributed by atoms with E-state index in [1.54, 1.807) is 0 Å².